The average Bonchev–Trinajstić information content (AvgIpc) is 0.833. The van der Waals surface area contributed by atoms with Crippen LogP contribution in [0.4, 0.5) is 0 Å². The van der Waals surface area contributed by atoms with E-state index in [2.05, 4.69) is 277 Å². The first-order valence-corrected chi connectivity index (χ1v) is 56.7. The highest BCUT2D eigenvalue weighted by Gasteiger charge is 2.31. The summed E-state index contributed by atoms with van der Waals surface area (Å²) in [4.78, 5) is 53.0. The van der Waals surface area contributed by atoms with Crippen LogP contribution in [0.25, 0.3) is 0 Å². The molecule has 0 radical (unpaired) electrons. The van der Waals surface area contributed by atoms with E-state index >= 15 is 0 Å². The molecule has 4 aliphatic rings. The van der Waals surface area contributed by atoms with E-state index < -0.39 is 0 Å². The van der Waals surface area contributed by atoms with Crippen molar-refractivity contribution >= 4 is 23.6 Å². The standard InChI is InChI=1S/C126H206N8O15/c1-101(53-57-113-109(9)47-29-63-123(113,13)14)39-25-43-105(5)61-75-129-117(51-21-23-71-131-119(135)99-107(7)45-27-41-103(3)55-59-115-111(11)49-31-65-125(115,17)18)121(137)133-73-37-81-143-87-93-145-89-83-139-77-33-67-127-69-35-79-141-85-91-147-95-97-149-98-96-148-92-86-142-80-36-70-128-68-34-78-140-84-90-146-94-88-144-82-38-74-134-122(138)118(130-76-62-106(6)44-26-40-102(2)54-58-114-110(10)48-30-64-124(114,15)16)52-22-24-72-132-120(136)100-108(8)46-28-42-104(4)56-60-116-112(12)50-32-66-126(116,19)20/h25-28,39-46,53-62,99-100,117-118,127-130H,21-24,29-38,47-52,63-98H2,1-20H3,(H,131,135)(H,132,136)(H,133,137)(H,134,138)/b43-25+,44-26+,45-27+,46-28+,57-53+,58-54+,59-55+,60-56+,101-39+,102-40+,103-41+,104-42+,105-61+,106-62+,107-99+,108-100+/t117-,118-/m0/s1. The summed E-state index contributed by atoms with van der Waals surface area (Å²) in [6.07, 6.45) is 74.2. The van der Waals surface area contributed by atoms with Crippen LogP contribution in [-0.4, -0.2) is 247 Å². The van der Waals surface area contributed by atoms with E-state index in [4.69, 9.17) is 52.1 Å². The highest BCUT2D eigenvalue weighted by molar-refractivity contribution is 5.89. The third-order valence-electron chi connectivity index (χ3n) is 27.5. The lowest BCUT2D eigenvalue weighted by Crippen LogP contribution is -2.44. The zero-order valence-electron chi connectivity index (χ0n) is 96.7. The Morgan fingerprint density at radius 1 is 0.268 bits per heavy atom. The number of hydrogen-bond acceptors (Lipinski definition) is 19. The van der Waals surface area contributed by atoms with Crippen molar-refractivity contribution in [3.05, 3.63) is 235 Å². The Morgan fingerprint density at radius 2 is 0.490 bits per heavy atom. The first-order valence-electron chi connectivity index (χ1n) is 56.7. The van der Waals surface area contributed by atoms with Gasteiger partial charge in [-0.25, -0.2) is 0 Å². The molecule has 23 heteroatoms. The van der Waals surface area contributed by atoms with Crippen LogP contribution in [0.5, 0.6) is 0 Å². The summed E-state index contributed by atoms with van der Waals surface area (Å²) in [6.45, 7) is 62.8. The summed E-state index contributed by atoms with van der Waals surface area (Å²) in [5, 5.41) is 26.2. The van der Waals surface area contributed by atoms with Crippen LogP contribution in [0.3, 0.4) is 0 Å². The Hall–Kier alpha value is -7.92. The summed E-state index contributed by atoms with van der Waals surface area (Å²) < 4.78 is 63.1. The van der Waals surface area contributed by atoms with E-state index in [1.165, 1.54) is 133 Å². The van der Waals surface area contributed by atoms with Crippen molar-refractivity contribution in [1.29, 1.82) is 0 Å². The molecule has 0 bridgehead atoms. The lowest BCUT2D eigenvalue weighted by Gasteiger charge is -2.33. The van der Waals surface area contributed by atoms with E-state index in [1.54, 1.807) is 12.2 Å². The molecule has 4 rings (SSSR count). The van der Waals surface area contributed by atoms with Gasteiger partial charge in [0.05, 0.1) is 118 Å². The molecule has 0 unspecified atom stereocenters. The summed E-state index contributed by atoms with van der Waals surface area (Å²) in [7, 11) is 0. The molecule has 0 aromatic rings. The lowest BCUT2D eigenvalue weighted by atomic mass is 9.72. The van der Waals surface area contributed by atoms with Crippen molar-refractivity contribution < 1.29 is 71.3 Å². The minimum absolute atomic E-state index is 0.0402. The van der Waals surface area contributed by atoms with Gasteiger partial charge in [0.25, 0.3) is 0 Å². The van der Waals surface area contributed by atoms with E-state index in [1.807, 2.05) is 38.2 Å². The molecule has 0 heterocycles. The molecule has 0 aromatic carbocycles. The number of allylic oxidation sites excluding steroid dienone is 36. The monoisotopic (exact) mass is 2070 g/mol. The number of rotatable bonds is 84. The van der Waals surface area contributed by atoms with Crippen LogP contribution in [0.15, 0.2) is 235 Å². The van der Waals surface area contributed by atoms with Gasteiger partial charge in [0.2, 0.25) is 23.6 Å². The summed E-state index contributed by atoms with van der Waals surface area (Å²) in [5.41, 5.74) is 21.3. The second kappa shape index (κ2) is 82.6. The molecule has 840 valence electrons. The smallest absolute Gasteiger partial charge is 0.244 e. The zero-order valence-corrected chi connectivity index (χ0v) is 96.7. The van der Waals surface area contributed by atoms with E-state index in [0.717, 1.165) is 111 Å². The van der Waals surface area contributed by atoms with Crippen LogP contribution in [0, 0.1) is 21.7 Å². The third kappa shape index (κ3) is 66.7. The SMILES string of the molecule is CC1=C(/C=C/C(C)=C/C=C/C(C)=C/CN[C@@H](CCCCNC(=O)/C=C(C)/C=C/C=C(C)/C=C/C2=C(C)CCCC2(C)C)C(=O)NCCCOCCOCCOCCCNCCCOCCOCCOCCOCCOCCCNCCCOCCOCCOCCCNC(=O)[C@H](CCCCNC(=O)/C=C(C)/C=C/C=C(C)/C=C/C2=C(C)CCCC2(C)C)NC/C=C(C)/C=C/C=C(C)/C=C/C2=C(C)CCCC2(C)C)C(C)(C)CCC1. The van der Waals surface area contributed by atoms with Gasteiger partial charge < -0.3 is 94.6 Å². The van der Waals surface area contributed by atoms with E-state index in [9.17, 15) is 19.2 Å². The predicted octanol–water partition coefficient (Wildman–Crippen LogP) is 23.5. The summed E-state index contributed by atoms with van der Waals surface area (Å²) in [5.74, 6) is -0.325. The number of nitrogens with one attached hydrogen (secondary N) is 8. The molecule has 2 atom stereocenters. The van der Waals surface area contributed by atoms with Gasteiger partial charge >= 0.3 is 0 Å². The van der Waals surface area contributed by atoms with Crippen LogP contribution in [-0.2, 0) is 71.3 Å². The van der Waals surface area contributed by atoms with Crippen molar-refractivity contribution in [1.82, 2.24) is 42.5 Å². The Balaban J connectivity index is 0.919. The molecule has 0 fully saturated rings. The van der Waals surface area contributed by atoms with Crippen molar-refractivity contribution in [3.63, 3.8) is 0 Å². The molecule has 0 saturated heterocycles. The first kappa shape index (κ1) is 133. The van der Waals surface area contributed by atoms with Gasteiger partial charge in [-0.05, 0) is 318 Å². The Morgan fingerprint density at radius 3 is 0.732 bits per heavy atom. The van der Waals surface area contributed by atoms with Crippen molar-refractivity contribution in [2.75, 3.05) is 211 Å². The van der Waals surface area contributed by atoms with Gasteiger partial charge in [-0.15, -0.1) is 0 Å². The number of unbranched alkanes of at least 4 members (excludes halogenated alkanes) is 2. The first-order chi connectivity index (χ1) is 71.7. The van der Waals surface area contributed by atoms with Gasteiger partial charge in [-0.3, -0.25) is 19.2 Å². The highest BCUT2D eigenvalue weighted by Crippen LogP contribution is 2.44. The highest BCUT2D eigenvalue weighted by atomic mass is 16.6. The van der Waals surface area contributed by atoms with Gasteiger partial charge in [0, 0.05) is 91.1 Å². The molecule has 8 N–H and O–H groups in total. The van der Waals surface area contributed by atoms with Crippen molar-refractivity contribution in [2.24, 2.45) is 21.7 Å². The van der Waals surface area contributed by atoms with Crippen LogP contribution in [0.1, 0.15) is 293 Å². The van der Waals surface area contributed by atoms with Gasteiger partial charge in [-0.2, -0.15) is 0 Å². The minimum Gasteiger partial charge on any atom is -0.379 e. The molecule has 0 aliphatic heterocycles. The van der Waals surface area contributed by atoms with Gasteiger partial charge in [0.15, 0.2) is 0 Å². The summed E-state index contributed by atoms with van der Waals surface area (Å²) >= 11 is 0. The molecule has 4 amide bonds. The van der Waals surface area contributed by atoms with E-state index in [-0.39, 0.29) is 57.4 Å². The molecular formula is C126H206N8O15. The average molecular weight is 2070 g/mol. The fourth-order valence-corrected chi connectivity index (χ4v) is 18.6. The Kier molecular flexibility index (Phi) is 74.0. The molecule has 4 aliphatic carbocycles. The van der Waals surface area contributed by atoms with Crippen molar-refractivity contribution in [3.8, 4) is 0 Å². The normalized spacial score (nSPS) is 17.6. The zero-order chi connectivity index (χ0) is 109. The number of hydrogen-bond donors (Lipinski definition) is 8. The predicted molar refractivity (Wildman–Crippen MR) is 620 cm³/mol. The lowest BCUT2D eigenvalue weighted by molar-refractivity contribution is -0.124. The Bertz CT molecular complexity index is 4190. The van der Waals surface area contributed by atoms with Crippen LogP contribution < -0.4 is 42.5 Å². The topological polar surface area (TPSA) is 266 Å². The number of carbonyl (C=O) groups is 4. The number of ether oxygens (including phenoxy) is 11. The second-order valence-corrected chi connectivity index (χ2v) is 43.2. The second-order valence-electron chi connectivity index (χ2n) is 43.2. The van der Waals surface area contributed by atoms with Crippen LogP contribution >= 0.6 is 0 Å². The molecule has 0 aromatic heterocycles. The largest absolute Gasteiger partial charge is 0.379 e. The summed E-state index contributed by atoms with van der Waals surface area (Å²) in [6, 6.07) is -0.776. The maximum atomic E-state index is 13.6. The molecule has 0 saturated carbocycles. The molecule has 0 spiro atoms. The molecule has 149 heavy (non-hydrogen) atoms. The third-order valence-corrected chi connectivity index (χ3v) is 27.5. The maximum absolute atomic E-state index is 13.6. The van der Waals surface area contributed by atoms with Crippen molar-refractivity contribution in [2.45, 2.75) is 305 Å². The minimum atomic E-state index is -0.388. The van der Waals surface area contributed by atoms with Gasteiger partial charge in [0.1, 0.15) is 0 Å². The van der Waals surface area contributed by atoms with Gasteiger partial charge in [-0.1, -0.05) is 245 Å². The quantitative estimate of drug-likeness (QED) is 0.0160. The fourth-order valence-electron chi connectivity index (χ4n) is 18.6. The molecule has 23 nitrogen and oxygen atoms in total. The van der Waals surface area contributed by atoms with Crippen LogP contribution in [0.2, 0.25) is 0 Å². The maximum Gasteiger partial charge on any atom is 0.244 e. The van der Waals surface area contributed by atoms with E-state index in [0.29, 0.717) is 210 Å². The molecular weight excluding hydrogens is 1870 g/mol. The fraction of sp³-hybridized carbons (Fsp3) is 0.651. The Labute approximate surface area is 904 Å². The number of carbonyl (C=O) groups excluding carboxylic acids is 4. The number of amides is 4.